The Kier molecular flexibility index (Phi) is 7.49. The van der Waals surface area contributed by atoms with E-state index in [9.17, 15) is 14.4 Å². The number of benzene rings is 1. The van der Waals surface area contributed by atoms with Crippen LogP contribution in [0.5, 0.6) is 0 Å². The monoisotopic (exact) mass is 407 g/mol. The number of H-pyrrole nitrogens is 1. The van der Waals surface area contributed by atoms with E-state index in [1.807, 2.05) is 0 Å². The van der Waals surface area contributed by atoms with Gasteiger partial charge in [-0.3, -0.25) is 9.59 Å². The van der Waals surface area contributed by atoms with E-state index in [2.05, 4.69) is 29.1 Å². The summed E-state index contributed by atoms with van der Waals surface area (Å²) < 4.78 is 0. The molecular formula is C18H21N3O4S2. The lowest BCUT2D eigenvalue weighted by molar-refractivity contribution is -0.115. The summed E-state index contributed by atoms with van der Waals surface area (Å²) in [6, 6.07) is 7.37. The first-order valence-corrected chi connectivity index (χ1v) is 10.2. The van der Waals surface area contributed by atoms with Crippen molar-refractivity contribution in [2.24, 2.45) is 0 Å². The predicted octanol–water partition coefficient (Wildman–Crippen LogP) is 3.23. The SMILES string of the molecule is CC(C)SCc1cc(=O)[nH]c(SC(C)C(=O)Nc2ccc(C(=O)O)cc2)n1. The lowest BCUT2D eigenvalue weighted by Crippen LogP contribution is -2.23. The first kappa shape index (κ1) is 21.0. The minimum atomic E-state index is -1.03. The molecule has 144 valence electrons. The average Bonchev–Trinajstić information content (AvgIpc) is 2.60. The summed E-state index contributed by atoms with van der Waals surface area (Å²) in [4.78, 5) is 42.1. The molecular weight excluding hydrogens is 386 g/mol. The van der Waals surface area contributed by atoms with E-state index in [-0.39, 0.29) is 17.0 Å². The molecule has 27 heavy (non-hydrogen) atoms. The number of rotatable bonds is 8. The van der Waals surface area contributed by atoms with Crippen LogP contribution in [0.1, 0.15) is 36.8 Å². The lowest BCUT2D eigenvalue weighted by Gasteiger charge is -2.12. The van der Waals surface area contributed by atoms with Crippen LogP contribution < -0.4 is 10.9 Å². The highest BCUT2D eigenvalue weighted by Crippen LogP contribution is 2.22. The fraction of sp³-hybridized carbons (Fsp3) is 0.333. The molecule has 2 rings (SSSR count). The Morgan fingerprint density at radius 3 is 2.48 bits per heavy atom. The third kappa shape index (κ3) is 6.76. The molecule has 0 bridgehead atoms. The van der Waals surface area contributed by atoms with E-state index in [1.54, 1.807) is 18.7 Å². The Balaban J connectivity index is 2.01. The molecule has 0 radical (unpaired) electrons. The van der Waals surface area contributed by atoms with Crippen LogP contribution >= 0.6 is 23.5 Å². The number of aromatic amines is 1. The highest BCUT2D eigenvalue weighted by Gasteiger charge is 2.17. The van der Waals surface area contributed by atoms with Crippen molar-refractivity contribution in [3.63, 3.8) is 0 Å². The number of anilines is 1. The van der Waals surface area contributed by atoms with Crippen molar-refractivity contribution in [3.05, 3.63) is 51.9 Å². The predicted molar refractivity (Wildman–Crippen MR) is 109 cm³/mol. The fourth-order valence-electron chi connectivity index (χ4n) is 2.03. The second-order valence-electron chi connectivity index (χ2n) is 6.03. The minimum absolute atomic E-state index is 0.147. The number of hydrogen-bond donors (Lipinski definition) is 3. The van der Waals surface area contributed by atoms with E-state index in [1.165, 1.54) is 30.3 Å². The standard InChI is InChI=1S/C18H21N3O4S2/c1-10(2)26-9-14-8-15(22)21-18(20-14)27-11(3)16(23)19-13-6-4-12(5-7-13)17(24)25/h4-8,10-11H,9H2,1-3H3,(H,19,23)(H,24,25)(H,20,21,22). The molecule has 1 aromatic heterocycles. The third-order valence-corrected chi connectivity index (χ3v) is 5.51. The van der Waals surface area contributed by atoms with Gasteiger partial charge in [0.2, 0.25) is 5.91 Å². The number of aromatic carboxylic acids is 1. The van der Waals surface area contributed by atoms with E-state index < -0.39 is 11.2 Å². The molecule has 0 aliphatic heterocycles. The van der Waals surface area contributed by atoms with Crippen LogP contribution in [0.4, 0.5) is 5.69 Å². The van der Waals surface area contributed by atoms with E-state index in [0.717, 1.165) is 11.8 Å². The lowest BCUT2D eigenvalue weighted by atomic mass is 10.2. The largest absolute Gasteiger partial charge is 0.478 e. The van der Waals surface area contributed by atoms with Gasteiger partial charge in [-0.05, 0) is 36.4 Å². The number of nitrogens with one attached hydrogen (secondary N) is 2. The Hall–Kier alpha value is -2.26. The van der Waals surface area contributed by atoms with E-state index >= 15 is 0 Å². The van der Waals surface area contributed by atoms with E-state index in [4.69, 9.17) is 5.11 Å². The average molecular weight is 408 g/mol. The number of carbonyl (C=O) groups is 2. The number of carboxylic acid groups (broad SMARTS) is 1. The summed E-state index contributed by atoms with van der Waals surface area (Å²) in [6.07, 6.45) is 0. The van der Waals surface area contributed by atoms with Gasteiger partial charge in [-0.15, -0.1) is 0 Å². The summed E-state index contributed by atoms with van der Waals surface area (Å²) in [5.74, 6) is -0.666. The Morgan fingerprint density at radius 1 is 1.22 bits per heavy atom. The molecule has 0 saturated heterocycles. The first-order valence-electron chi connectivity index (χ1n) is 8.27. The van der Waals surface area contributed by atoms with Crippen molar-refractivity contribution >= 4 is 41.1 Å². The van der Waals surface area contributed by atoms with Crippen LogP contribution in [0.25, 0.3) is 0 Å². The number of carbonyl (C=O) groups excluding carboxylic acids is 1. The summed E-state index contributed by atoms with van der Waals surface area (Å²) in [5, 5.41) is 11.9. The van der Waals surface area contributed by atoms with Gasteiger partial charge in [-0.25, -0.2) is 9.78 Å². The van der Waals surface area contributed by atoms with Gasteiger partial charge in [-0.2, -0.15) is 11.8 Å². The second kappa shape index (κ2) is 9.61. The molecule has 9 heteroatoms. The molecule has 0 fully saturated rings. The van der Waals surface area contributed by atoms with Gasteiger partial charge in [0.05, 0.1) is 16.5 Å². The Labute approximate surface area is 165 Å². The van der Waals surface area contributed by atoms with Crippen LogP contribution in [0.2, 0.25) is 0 Å². The second-order valence-corrected chi connectivity index (χ2v) is 8.93. The maximum Gasteiger partial charge on any atom is 0.335 e. The quantitative estimate of drug-likeness (QED) is 0.455. The van der Waals surface area contributed by atoms with Crippen molar-refractivity contribution < 1.29 is 14.7 Å². The molecule has 7 nitrogen and oxygen atoms in total. The number of amides is 1. The number of aromatic nitrogens is 2. The van der Waals surface area contributed by atoms with Gasteiger partial charge < -0.3 is 15.4 Å². The van der Waals surface area contributed by atoms with Crippen molar-refractivity contribution in [2.75, 3.05) is 5.32 Å². The molecule has 0 aliphatic rings. The fourth-order valence-corrected chi connectivity index (χ4v) is 3.51. The van der Waals surface area contributed by atoms with E-state index in [0.29, 0.717) is 27.5 Å². The molecule has 1 unspecified atom stereocenters. The number of hydrogen-bond acceptors (Lipinski definition) is 6. The van der Waals surface area contributed by atoms with Crippen LogP contribution in [0.3, 0.4) is 0 Å². The van der Waals surface area contributed by atoms with Crippen LogP contribution in [-0.2, 0) is 10.5 Å². The van der Waals surface area contributed by atoms with Crippen molar-refractivity contribution in [2.45, 2.75) is 42.2 Å². The highest BCUT2D eigenvalue weighted by molar-refractivity contribution is 8.00. The van der Waals surface area contributed by atoms with Gasteiger partial charge >= 0.3 is 5.97 Å². The zero-order valence-corrected chi connectivity index (χ0v) is 16.8. The molecule has 0 spiro atoms. The van der Waals surface area contributed by atoms with Crippen LogP contribution in [0.15, 0.2) is 40.3 Å². The van der Waals surface area contributed by atoms with Crippen molar-refractivity contribution in [1.82, 2.24) is 9.97 Å². The van der Waals surface area contributed by atoms with Gasteiger partial charge in [0.25, 0.3) is 5.56 Å². The van der Waals surface area contributed by atoms with Gasteiger partial charge in [0, 0.05) is 17.5 Å². The number of carboxylic acids is 1. The smallest absolute Gasteiger partial charge is 0.335 e. The summed E-state index contributed by atoms with van der Waals surface area (Å²) in [5.41, 5.74) is 1.08. The minimum Gasteiger partial charge on any atom is -0.478 e. The molecule has 0 saturated carbocycles. The third-order valence-electron chi connectivity index (χ3n) is 3.39. The zero-order valence-electron chi connectivity index (χ0n) is 15.2. The molecule has 3 N–H and O–H groups in total. The molecule has 2 aromatic rings. The molecule has 1 heterocycles. The van der Waals surface area contributed by atoms with Gasteiger partial charge in [-0.1, -0.05) is 25.6 Å². The normalized spacial score (nSPS) is 12.0. The van der Waals surface area contributed by atoms with Crippen molar-refractivity contribution in [1.29, 1.82) is 0 Å². The van der Waals surface area contributed by atoms with Crippen LogP contribution in [-0.4, -0.2) is 37.5 Å². The maximum absolute atomic E-state index is 12.3. The van der Waals surface area contributed by atoms with Gasteiger partial charge in [0.1, 0.15) is 0 Å². The first-order chi connectivity index (χ1) is 12.7. The summed E-state index contributed by atoms with van der Waals surface area (Å²) in [7, 11) is 0. The molecule has 1 amide bonds. The summed E-state index contributed by atoms with van der Waals surface area (Å²) in [6.45, 7) is 5.85. The number of nitrogens with zero attached hydrogens (tertiary/aromatic N) is 1. The van der Waals surface area contributed by atoms with Gasteiger partial charge in [0.15, 0.2) is 5.16 Å². The molecule has 0 aliphatic carbocycles. The highest BCUT2D eigenvalue weighted by atomic mass is 32.2. The number of thioether (sulfide) groups is 2. The van der Waals surface area contributed by atoms with Crippen molar-refractivity contribution in [3.8, 4) is 0 Å². The maximum atomic E-state index is 12.3. The van der Waals surface area contributed by atoms with Crippen LogP contribution in [0, 0.1) is 0 Å². The molecule has 1 atom stereocenters. The Bertz CT molecular complexity index is 866. The topological polar surface area (TPSA) is 112 Å². The Morgan fingerprint density at radius 2 is 1.89 bits per heavy atom. The summed E-state index contributed by atoms with van der Waals surface area (Å²) >= 11 is 2.85. The molecule has 1 aromatic carbocycles. The zero-order chi connectivity index (χ0) is 20.0.